The molecule has 13 heteroatoms. The lowest BCUT2D eigenvalue weighted by Gasteiger charge is -2.19. The van der Waals surface area contributed by atoms with E-state index in [4.69, 9.17) is 4.74 Å². The van der Waals surface area contributed by atoms with E-state index in [2.05, 4.69) is 20.7 Å². The van der Waals surface area contributed by atoms with E-state index >= 15 is 0 Å². The van der Waals surface area contributed by atoms with Gasteiger partial charge in [-0.25, -0.2) is 12.8 Å². The van der Waals surface area contributed by atoms with Crippen LogP contribution in [0.2, 0.25) is 0 Å². The summed E-state index contributed by atoms with van der Waals surface area (Å²) in [6, 6.07) is 10.1. The SMILES string of the molecule is CN1CC[C@@H](Oc2cc(NS(=O)(=O)c3cc(Br)c(Sc4ccc(F)cc4)s3)ccc2C(F)(F)F)C1. The number of likely N-dealkylation sites (N-methyl/N-ethyl adjacent to an activating group) is 1. The van der Waals surface area contributed by atoms with Crippen LogP contribution in [0.3, 0.4) is 0 Å². The van der Waals surface area contributed by atoms with Crippen LogP contribution in [0, 0.1) is 5.82 Å². The summed E-state index contributed by atoms with van der Waals surface area (Å²) in [6.45, 7) is 1.18. The molecular weight excluding hydrogens is 592 g/mol. The van der Waals surface area contributed by atoms with Crippen LogP contribution in [0.15, 0.2) is 66.3 Å². The minimum atomic E-state index is -4.65. The van der Waals surface area contributed by atoms with Crippen molar-refractivity contribution in [2.75, 3.05) is 24.9 Å². The Morgan fingerprint density at radius 3 is 2.51 bits per heavy atom. The molecule has 1 fully saturated rings. The van der Waals surface area contributed by atoms with Crippen LogP contribution in [-0.2, 0) is 16.2 Å². The summed E-state index contributed by atoms with van der Waals surface area (Å²) in [5.41, 5.74) is -1.01. The van der Waals surface area contributed by atoms with Gasteiger partial charge in [-0.1, -0.05) is 11.8 Å². The second-order valence-electron chi connectivity index (χ2n) is 7.86. The summed E-state index contributed by atoms with van der Waals surface area (Å²) in [6.07, 6.45) is -4.50. The molecule has 5 nitrogen and oxygen atoms in total. The Balaban J connectivity index is 1.57. The molecular formula is C22H19BrF4N2O3S3. The van der Waals surface area contributed by atoms with E-state index in [1.165, 1.54) is 30.0 Å². The van der Waals surface area contributed by atoms with Crippen LogP contribution in [-0.4, -0.2) is 39.6 Å². The van der Waals surface area contributed by atoms with Gasteiger partial charge in [-0.2, -0.15) is 13.2 Å². The molecule has 0 saturated carbocycles. The fraction of sp³-hybridized carbons (Fsp3) is 0.273. The Bertz CT molecular complexity index is 1310. The monoisotopic (exact) mass is 610 g/mol. The lowest BCUT2D eigenvalue weighted by atomic mass is 10.1. The summed E-state index contributed by atoms with van der Waals surface area (Å²) in [4.78, 5) is 2.66. The van der Waals surface area contributed by atoms with Crippen molar-refractivity contribution in [2.45, 2.75) is 32.0 Å². The van der Waals surface area contributed by atoms with Crippen molar-refractivity contribution < 1.29 is 30.7 Å². The van der Waals surface area contributed by atoms with E-state index in [0.717, 1.165) is 29.5 Å². The van der Waals surface area contributed by atoms with Gasteiger partial charge in [-0.05, 0) is 71.9 Å². The molecule has 0 aliphatic carbocycles. The Morgan fingerprint density at radius 1 is 1.17 bits per heavy atom. The molecule has 2 aromatic carbocycles. The van der Waals surface area contributed by atoms with Gasteiger partial charge in [-0.3, -0.25) is 4.72 Å². The third-order valence-electron chi connectivity index (χ3n) is 5.10. The molecule has 35 heavy (non-hydrogen) atoms. The van der Waals surface area contributed by atoms with Crippen molar-refractivity contribution in [2.24, 2.45) is 0 Å². The van der Waals surface area contributed by atoms with E-state index in [1.54, 1.807) is 12.1 Å². The molecule has 0 unspecified atom stereocenters. The number of anilines is 1. The third-order valence-corrected chi connectivity index (χ3v) is 10.5. The average Bonchev–Trinajstić information content (AvgIpc) is 3.34. The highest BCUT2D eigenvalue weighted by Gasteiger charge is 2.36. The molecule has 3 aromatic rings. The van der Waals surface area contributed by atoms with Gasteiger partial charge in [0.2, 0.25) is 0 Å². The van der Waals surface area contributed by atoms with E-state index in [0.29, 0.717) is 33.1 Å². The van der Waals surface area contributed by atoms with Crippen LogP contribution in [0.5, 0.6) is 5.75 Å². The van der Waals surface area contributed by atoms with Crippen molar-refractivity contribution in [3.63, 3.8) is 0 Å². The zero-order chi connectivity index (χ0) is 25.4. The van der Waals surface area contributed by atoms with Gasteiger partial charge in [0.1, 0.15) is 21.9 Å². The Hall–Kier alpha value is -1.80. The Labute approximate surface area is 216 Å². The largest absolute Gasteiger partial charge is 0.488 e. The normalized spacial score (nSPS) is 17.0. The number of benzene rings is 2. The molecule has 0 spiro atoms. The number of ether oxygens (including phenoxy) is 1. The lowest BCUT2D eigenvalue weighted by molar-refractivity contribution is -0.139. The number of nitrogens with one attached hydrogen (secondary N) is 1. The molecule has 2 heterocycles. The van der Waals surface area contributed by atoms with Gasteiger partial charge in [0.15, 0.2) is 0 Å². The molecule has 1 aliphatic heterocycles. The molecule has 1 atom stereocenters. The topological polar surface area (TPSA) is 58.6 Å². The Kier molecular flexibility index (Phi) is 7.72. The predicted molar refractivity (Wildman–Crippen MR) is 131 cm³/mol. The summed E-state index contributed by atoms with van der Waals surface area (Å²) in [7, 11) is -2.25. The average molecular weight is 612 g/mol. The maximum atomic E-state index is 13.5. The van der Waals surface area contributed by atoms with Crippen molar-refractivity contribution in [3.05, 3.63) is 64.4 Å². The van der Waals surface area contributed by atoms with E-state index < -0.39 is 33.6 Å². The molecule has 1 N–H and O–H groups in total. The molecule has 0 bridgehead atoms. The van der Waals surface area contributed by atoms with Gasteiger partial charge in [0.25, 0.3) is 10.0 Å². The van der Waals surface area contributed by atoms with Crippen LogP contribution in [0.4, 0.5) is 23.2 Å². The first-order valence-corrected chi connectivity index (χ1v) is 14.1. The number of hydrogen-bond acceptors (Lipinski definition) is 6. The fourth-order valence-corrected chi connectivity index (χ4v) is 8.12. The number of rotatable bonds is 7. The van der Waals surface area contributed by atoms with Crippen LogP contribution < -0.4 is 9.46 Å². The molecule has 188 valence electrons. The highest BCUT2D eigenvalue weighted by molar-refractivity contribution is 9.10. The minimum Gasteiger partial charge on any atom is -0.488 e. The van der Waals surface area contributed by atoms with Crippen LogP contribution in [0.25, 0.3) is 0 Å². The smallest absolute Gasteiger partial charge is 0.419 e. The predicted octanol–water partition coefficient (Wildman–Crippen LogP) is 6.70. The van der Waals surface area contributed by atoms with Gasteiger partial charge >= 0.3 is 6.18 Å². The second-order valence-corrected chi connectivity index (χ2v) is 13.0. The summed E-state index contributed by atoms with van der Waals surface area (Å²) in [5, 5.41) is 0. The molecule has 1 aromatic heterocycles. The first-order valence-electron chi connectivity index (χ1n) is 10.2. The Morgan fingerprint density at radius 2 is 1.89 bits per heavy atom. The van der Waals surface area contributed by atoms with Crippen molar-refractivity contribution in [1.29, 1.82) is 0 Å². The van der Waals surface area contributed by atoms with Crippen molar-refractivity contribution >= 4 is 54.7 Å². The number of nitrogens with zero attached hydrogens (tertiary/aromatic N) is 1. The number of alkyl halides is 3. The standard InChI is InChI=1S/C22H19BrF4N2O3S3/c1-29-9-8-15(12-29)32-19-10-14(4-7-17(19)22(25,26)27)28-35(30,31)20-11-18(23)21(34-20)33-16-5-2-13(24)3-6-16/h2-7,10-11,15,28H,8-9,12H2,1H3/t15-/m1/s1. The molecule has 4 rings (SSSR count). The zero-order valence-electron chi connectivity index (χ0n) is 18.1. The summed E-state index contributed by atoms with van der Waals surface area (Å²) < 4.78 is 88.8. The highest BCUT2D eigenvalue weighted by atomic mass is 79.9. The number of thiophene rings is 1. The number of likely N-dealkylation sites (tertiary alicyclic amines) is 1. The second kappa shape index (κ2) is 10.3. The van der Waals surface area contributed by atoms with E-state index in [1.807, 2.05) is 11.9 Å². The van der Waals surface area contributed by atoms with Gasteiger partial charge < -0.3 is 9.64 Å². The summed E-state index contributed by atoms with van der Waals surface area (Å²) >= 11 is 5.57. The first-order chi connectivity index (χ1) is 16.4. The van der Waals surface area contributed by atoms with Crippen LogP contribution in [0.1, 0.15) is 12.0 Å². The van der Waals surface area contributed by atoms with Gasteiger partial charge in [0.05, 0.1) is 15.5 Å². The number of hydrogen-bond donors (Lipinski definition) is 1. The molecule has 1 aliphatic rings. The number of halogens is 5. The quantitative estimate of drug-likeness (QED) is 0.302. The fourth-order valence-electron chi connectivity index (χ4n) is 3.44. The molecule has 0 amide bonds. The zero-order valence-corrected chi connectivity index (χ0v) is 22.1. The molecule has 1 saturated heterocycles. The molecule has 0 radical (unpaired) electrons. The maximum Gasteiger partial charge on any atom is 0.419 e. The van der Waals surface area contributed by atoms with E-state index in [-0.39, 0.29) is 15.7 Å². The highest BCUT2D eigenvalue weighted by Crippen LogP contribution is 2.43. The van der Waals surface area contributed by atoms with E-state index in [9.17, 15) is 26.0 Å². The maximum absolute atomic E-state index is 13.5. The lowest BCUT2D eigenvalue weighted by Crippen LogP contribution is -2.23. The van der Waals surface area contributed by atoms with Crippen molar-refractivity contribution in [3.8, 4) is 5.75 Å². The van der Waals surface area contributed by atoms with Crippen molar-refractivity contribution in [1.82, 2.24) is 4.90 Å². The van der Waals surface area contributed by atoms with Gasteiger partial charge in [0, 0.05) is 28.5 Å². The van der Waals surface area contributed by atoms with Crippen LogP contribution >= 0.6 is 39.0 Å². The first kappa shape index (κ1) is 26.3. The van der Waals surface area contributed by atoms with Gasteiger partial charge in [-0.15, -0.1) is 11.3 Å². The summed E-state index contributed by atoms with van der Waals surface area (Å²) in [5.74, 6) is -0.801. The number of sulfonamides is 1. The third kappa shape index (κ3) is 6.50. The minimum absolute atomic E-state index is 0.0335.